The number of aromatic amines is 1. The van der Waals surface area contributed by atoms with Crippen LogP contribution in [0.25, 0.3) is 20.4 Å². The lowest BCUT2D eigenvalue weighted by Crippen LogP contribution is -2.17. The van der Waals surface area contributed by atoms with E-state index >= 15 is 0 Å². The zero-order valence-corrected chi connectivity index (χ0v) is 14.6. The average Bonchev–Trinajstić information content (AvgIpc) is 2.84. The van der Waals surface area contributed by atoms with Gasteiger partial charge in [-0.25, -0.2) is 9.78 Å². The number of carbonyl (C=O) groups excluding carboxylic acids is 2. The summed E-state index contributed by atoms with van der Waals surface area (Å²) < 4.78 is 5.87. The second-order valence-electron chi connectivity index (χ2n) is 5.53. The Kier molecular flexibility index (Phi) is 3.96. The number of nitrogens with one attached hydrogen (secondary N) is 1. The number of H-pyrrole nitrogens is 1. The molecule has 6 nitrogen and oxygen atoms in total. The number of esters is 1. The Bertz CT molecular complexity index is 1060. The van der Waals surface area contributed by atoms with E-state index in [0.717, 1.165) is 4.70 Å². The van der Waals surface area contributed by atoms with Gasteiger partial charge in [0.25, 0.3) is 5.56 Å². The monoisotopic (exact) mass is 344 g/mol. The number of carbonyl (C=O) groups is 2. The van der Waals surface area contributed by atoms with Crippen molar-refractivity contribution in [3.8, 4) is 0 Å². The molecule has 0 saturated heterocycles. The van der Waals surface area contributed by atoms with Crippen molar-refractivity contribution < 1.29 is 14.3 Å². The smallest absolute Gasteiger partial charge is 0.338 e. The normalized spacial score (nSPS) is 11.2. The molecule has 0 atom stereocenters. The van der Waals surface area contributed by atoms with E-state index in [4.69, 9.17) is 4.74 Å². The van der Waals surface area contributed by atoms with Crippen molar-refractivity contribution in [1.82, 2.24) is 9.97 Å². The maximum atomic E-state index is 12.3. The fourth-order valence-electron chi connectivity index (χ4n) is 2.86. The molecule has 3 rings (SSSR count). The second kappa shape index (κ2) is 5.83. The summed E-state index contributed by atoms with van der Waals surface area (Å²) in [5, 5.41) is 0.564. The third kappa shape index (κ3) is 2.41. The van der Waals surface area contributed by atoms with Gasteiger partial charge in [0.2, 0.25) is 0 Å². The lowest BCUT2D eigenvalue weighted by Gasteiger charge is -2.06. The number of thiophene rings is 1. The quantitative estimate of drug-likeness (QED) is 0.582. The number of nitrogens with zero attached hydrogens (tertiary/aromatic N) is 1. The van der Waals surface area contributed by atoms with Gasteiger partial charge in [0.05, 0.1) is 33.3 Å². The van der Waals surface area contributed by atoms with Crippen LogP contribution in [0.3, 0.4) is 0 Å². The molecule has 0 bridgehead atoms. The van der Waals surface area contributed by atoms with Crippen LogP contribution in [-0.4, -0.2) is 28.3 Å². The van der Waals surface area contributed by atoms with E-state index in [-0.39, 0.29) is 18.0 Å². The molecule has 0 radical (unpaired) electrons. The Morgan fingerprint density at radius 2 is 2.04 bits per heavy atom. The van der Waals surface area contributed by atoms with E-state index in [0.29, 0.717) is 32.6 Å². The maximum Gasteiger partial charge on any atom is 0.338 e. The van der Waals surface area contributed by atoms with Crippen molar-refractivity contribution in [3.05, 3.63) is 38.8 Å². The van der Waals surface area contributed by atoms with Gasteiger partial charge < -0.3 is 9.72 Å². The molecule has 0 aliphatic carbocycles. The molecule has 24 heavy (non-hydrogen) atoms. The number of ketones is 1. The largest absolute Gasteiger partial charge is 0.462 e. The molecule has 0 fully saturated rings. The molecule has 124 valence electrons. The van der Waals surface area contributed by atoms with Gasteiger partial charge in [-0.3, -0.25) is 9.59 Å². The Hall–Kier alpha value is -2.54. The molecule has 0 spiro atoms. The average molecular weight is 344 g/mol. The molecule has 0 aliphatic rings. The summed E-state index contributed by atoms with van der Waals surface area (Å²) in [4.78, 5) is 44.2. The fourth-order valence-corrected chi connectivity index (χ4v) is 4.07. The van der Waals surface area contributed by atoms with E-state index in [1.807, 2.05) is 0 Å². The first-order valence-corrected chi connectivity index (χ1v) is 8.31. The number of hydrogen-bond acceptors (Lipinski definition) is 6. The Morgan fingerprint density at radius 1 is 1.33 bits per heavy atom. The van der Waals surface area contributed by atoms with Crippen LogP contribution in [0.1, 0.15) is 45.8 Å². The van der Waals surface area contributed by atoms with Gasteiger partial charge in [-0.05, 0) is 39.3 Å². The maximum absolute atomic E-state index is 12.3. The van der Waals surface area contributed by atoms with Crippen LogP contribution in [0.4, 0.5) is 0 Å². The van der Waals surface area contributed by atoms with Gasteiger partial charge in [0.1, 0.15) is 4.83 Å². The van der Waals surface area contributed by atoms with Crippen LogP contribution in [0.15, 0.2) is 10.9 Å². The van der Waals surface area contributed by atoms with E-state index in [2.05, 4.69) is 9.97 Å². The summed E-state index contributed by atoms with van der Waals surface area (Å²) in [5.41, 5.74) is 1.88. The number of hydrogen-bond donors (Lipinski definition) is 1. The van der Waals surface area contributed by atoms with Crippen LogP contribution in [0, 0.1) is 13.8 Å². The minimum Gasteiger partial charge on any atom is -0.462 e. The minimum atomic E-state index is -0.457. The molecular formula is C17H16N2O4S. The fraction of sp³-hybridized carbons (Fsp3) is 0.294. The van der Waals surface area contributed by atoms with Crippen LogP contribution >= 0.6 is 11.3 Å². The van der Waals surface area contributed by atoms with Crippen LogP contribution in [0.5, 0.6) is 0 Å². The molecule has 0 unspecified atom stereocenters. The highest BCUT2D eigenvalue weighted by atomic mass is 32.1. The highest BCUT2D eigenvalue weighted by molar-refractivity contribution is 7.25. The molecular weight excluding hydrogens is 328 g/mol. The molecule has 0 saturated carbocycles. The first kappa shape index (κ1) is 16.3. The molecule has 7 heteroatoms. The van der Waals surface area contributed by atoms with Crippen molar-refractivity contribution in [2.75, 3.05) is 6.61 Å². The van der Waals surface area contributed by atoms with E-state index in [9.17, 15) is 14.4 Å². The first-order valence-electron chi connectivity index (χ1n) is 7.50. The summed E-state index contributed by atoms with van der Waals surface area (Å²) in [6, 6.07) is 1.65. The summed E-state index contributed by atoms with van der Waals surface area (Å²) in [6.07, 6.45) is 0. The molecule has 3 heterocycles. The highest BCUT2D eigenvalue weighted by Crippen LogP contribution is 2.36. The zero-order chi connectivity index (χ0) is 17.6. The molecule has 3 aromatic rings. The number of Topliss-reactive ketones (excluding diaryl/α,β-unsaturated/α-hetero) is 1. The van der Waals surface area contributed by atoms with Crippen LogP contribution in [0.2, 0.25) is 0 Å². The van der Waals surface area contributed by atoms with Gasteiger partial charge in [-0.2, -0.15) is 0 Å². The summed E-state index contributed by atoms with van der Waals surface area (Å²) in [6.45, 7) is 6.89. The highest BCUT2D eigenvalue weighted by Gasteiger charge is 2.22. The summed E-state index contributed by atoms with van der Waals surface area (Å²) in [7, 11) is 0. The van der Waals surface area contributed by atoms with Gasteiger partial charge in [-0.15, -0.1) is 11.3 Å². The standard InChI is InChI=1S/C17H16N2O4S/c1-5-23-17(22)10-6-7(2)18-16-12(10)13-14(24-16)8(3)11(9(4)20)15(21)19-13/h6H,5H2,1-4H3,(H,19,21). The first-order chi connectivity index (χ1) is 11.3. The van der Waals surface area contributed by atoms with Gasteiger partial charge in [0.15, 0.2) is 5.78 Å². The van der Waals surface area contributed by atoms with Gasteiger partial charge in [0, 0.05) is 5.69 Å². The number of rotatable bonds is 3. The second-order valence-corrected chi connectivity index (χ2v) is 6.53. The number of aryl methyl sites for hydroxylation is 2. The van der Waals surface area contributed by atoms with Crippen molar-refractivity contribution in [2.24, 2.45) is 0 Å². The van der Waals surface area contributed by atoms with E-state index < -0.39 is 11.5 Å². The Balaban J connectivity index is 2.48. The Morgan fingerprint density at radius 3 is 2.67 bits per heavy atom. The topological polar surface area (TPSA) is 89.1 Å². The van der Waals surface area contributed by atoms with Crippen molar-refractivity contribution >= 4 is 43.5 Å². The van der Waals surface area contributed by atoms with E-state index in [1.54, 1.807) is 26.8 Å². The van der Waals surface area contributed by atoms with Crippen LogP contribution in [-0.2, 0) is 4.74 Å². The minimum absolute atomic E-state index is 0.142. The lowest BCUT2D eigenvalue weighted by atomic mass is 10.1. The summed E-state index contributed by atoms with van der Waals surface area (Å²) >= 11 is 1.35. The predicted molar refractivity (Wildman–Crippen MR) is 93.2 cm³/mol. The number of fused-ring (bicyclic) bond motifs is 3. The lowest BCUT2D eigenvalue weighted by molar-refractivity contribution is 0.0528. The van der Waals surface area contributed by atoms with E-state index in [1.165, 1.54) is 18.3 Å². The number of aromatic nitrogens is 2. The SMILES string of the molecule is CCOC(=O)c1cc(C)nc2sc3c(C)c(C(C)=O)c(=O)[nH]c3c12. The third-order valence-electron chi connectivity index (χ3n) is 3.82. The van der Waals surface area contributed by atoms with Crippen molar-refractivity contribution in [2.45, 2.75) is 27.7 Å². The van der Waals surface area contributed by atoms with Crippen molar-refractivity contribution in [1.29, 1.82) is 0 Å². The van der Waals surface area contributed by atoms with Crippen molar-refractivity contribution in [3.63, 3.8) is 0 Å². The Labute approximate surface area is 141 Å². The molecule has 3 aromatic heterocycles. The molecule has 0 aromatic carbocycles. The van der Waals surface area contributed by atoms with Gasteiger partial charge in [-0.1, -0.05) is 0 Å². The molecule has 0 amide bonds. The zero-order valence-electron chi connectivity index (χ0n) is 13.8. The summed E-state index contributed by atoms with van der Waals surface area (Å²) in [5.74, 6) is -0.746. The molecule has 1 N–H and O–H groups in total. The molecule has 0 aliphatic heterocycles. The van der Waals surface area contributed by atoms with Gasteiger partial charge >= 0.3 is 5.97 Å². The number of ether oxygens (including phenoxy) is 1. The number of pyridine rings is 2. The van der Waals surface area contributed by atoms with Crippen LogP contribution < -0.4 is 5.56 Å². The predicted octanol–water partition coefficient (Wildman–Crippen LogP) is 3.13. The third-order valence-corrected chi connectivity index (χ3v) is 5.02.